The number of aromatic nitrogens is 4. The van der Waals surface area contributed by atoms with Gasteiger partial charge in [0.2, 0.25) is 5.95 Å². The largest absolute Gasteiger partial charge is 0.371 e. The van der Waals surface area contributed by atoms with Crippen molar-refractivity contribution in [2.24, 2.45) is 0 Å². The second-order valence-corrected chi connectivity index (χ2v) is 7.85. The number of H-pyrrole nitrogens is 1. The summed E-state index contributed by atoms with van der Waals surface area (Å²) in [7, 11) is 0. The Labute approximate surface area is 183 Å². The molecule has 3 heterocycles. The second-order valence-electron chi connectivity index (χ2n) is 7.85. The predicted octanol–water partition coefficient (Wildman–Crippen LogP) is 4.94. The predicted molar refractivity (Wildman–Crippen MR) is 122 cm³/mol. The number of imidazole rings is 1. The van der Waals surface area contributed by atoms with Crippen molar-refractivity contribution < 1.29 is 8.78 Å². The van der Waals surface area contributed by atoms with Crippen LogP contribution in [0.4, 0.5) is 31.9 Å². The zero-order valence-electron chi connectivity index (χ0n) is 17.4. The van der Waals surface area contributed by atoms with Crippen LogP contribution < -0.4 is 15.5 Å². The first-order valence-electron chi connectivity index (χ1n) is 10.5. The fourth-order valence-corrected chi connectivity index (χ4v) is 3.77. The van der Waals surface area contributed by atoms with Gasteiger partial charge in [-0.25, -0.2) is 13.8 Å². The summed E-state index contributed by atoms with van der Waals surface area (Å²) in [6, 6.07) is 17.7. The Hall–Kier alpha value is -3.75. The molecule has 4 aromatic rings. The first-order chi connectivity index (χ1) is 15.6. The van der Waals surface area contributed by atoms with Crippen LogP contribution >= 0.6 is 0 Å². The molecule has 3 N–H and O–H groups in total. The number of alkyl halides is 2. The highest BCUT2D eigenvalue weighted by molar-refractivity contribution is 5.84. The Morgan fingerprint density at radius 1 is 0.969 bits per heavy atom. The van der Waals surface area contributed by atoms with Gasteiger partial charge in [-0.2, -0.15) is 9.97 Å². The van der Waals surface area contributed by atoms with Gasteiger partial charge in [-0.05, 0) is 29.8 Å². The zero-order valence-corrected chi connectivity index (χ0v) is 17.4. The van der Waals surface area contributed by atoms with Crippen molar-refractivity contribution >= 4 is 34.3 Å². The molecule has 1 fully saturated rings. The van der Waals surface area contributed by atoms with E-state index in [9.17, 15) is 8.78 Å². The summed E-state index contributed by atoms with van der Waals surface area (Å²) in [4.78, 5) is 18.4. The van der Waals surface area contributed by atoms with E-state index in [0.717, 1.165) is 16.9 Å². The minimum absolute atomic E-state index is 0.107. The molecule has 2 aromatic carbocycles. The number of aromatic amines is 1. The molecule has 9 heteroatoms. The quantitative estimate of drug-likeness (QED) is 0.398. The van der Waals surface area contributed by atoms with Crippen LogP contribution in [0.5, 0.6) is 0 Å². The van der Waals surface area contributed by atoms with E-state index in [1.54, 1.807) is 6.33 Å². The van der Waals surface area contributed by atoms with Crippen molar-refractivity contribution in [2.45, 2.75) is 25.3 Å². The van der Waals surface area contributed by atoms with E-state index in [0.29, 0.717) is 42.6 Å². The molecule has 0 unspecified atom stereocenters. The van der Waals surface area contributed by atoms with Crippen LogP contribution in [0.1, 0.15) is 18.4 Å². The molecule has 32 heavy (non-hydrogen) atoms. The molecule has 1 saturated heterocycles. The maximum atomic E-state index is 13.4. The van der Waals surface area contributed by atoms with E-state index in [1.165, 1.54) is 0 Å². The van der Waals surface area contributed by atoms with Crippen molar-refractivity contribution in [1.29, 1.82) is 0 Å². The van der Waals surface area contributed by atoms with E-state index in [-0.39, 0.29) is 12.8 Å². The summed E-state index contributed by atoms with van der Waals surface area (Å²) in [5.41, 5.74) is 4.17. The first-order valence-corrected chi connectivity index (χ1v) is 10.5. The van der Waals surface area contributed by atoms with E-state index < -0.39 is 5.92 Å². The molecule has 5 rings (SSSR count). The third-order valence-electron chi connectivity index (χ3n) is 5.57. The number of halogens is 2. The number of nitrogens with one attached hydrogen (secondary N) is 3. The summed E-state index contributed by atoms with van der Waals surface area (Å²) in [6.07, 6.45) is 1.38. The Kier molecular flexibility index (Phi) is 5.30. The van der Waals surface area contributed by atoms with Gasteiger partial charge in [0.05, 0.1) is 6.33 Å². The summed E-state index contributed by atoms with van der Waals surface area (Å²) in [5, 5.41) is 6.55. The molecule has 0 spiro atoms. The van der Waals surface area contributed by atoms with Gasteiger partial charge < -0.3 is 20.5 Å². The molecule has 2 aromatic heterocycles. The number of fused-ring (bicyclic) bond motifs is 1. The Morgan fingerprint density at radius 2 is 1.72 bits per heavy atom. The zero-order chi connectivity index (χ0) is 22.0. The minimum Gasteiger partial charge on any atom is -0.371 e. The summed E-state index contributed by atoms with van der Waals surface area (Å²) < 4.78 is 26.8. The van der Waals surface area contributed by atoms with E-state index in [4.69, 9.17) is 0 Å². The van der Waals surface area contributed by atoms with Gasteiger partial charge in [0.1, 0.15) is 5.52 Å². The highest BCUT2D eigenvalue weighted by Gasteiger charge is 2.33. The Bertz CT molecular complexity index is 1180. The molecule has 7 nitrogen and oxygen atoms in total. The van der Waals surface area contributed by atoms with Crippen molar-refractivity contribution in [3.8, 4) is 0 Å². The maximum Gasteiger partial charge on any atom is 0.251 e. The van der Waals surface area contributed by atoms with E-state index in [2.05, 4.69) is 30.6 Å². The fraction of sp³-hybridized carbons (Fsp3) is 0.261. The average Bonchev–Trinajstić information content (AvgIpc) is 3.28. The van der Waals surface area contributed by atoms with Crippen LogP contribution in [0.15, 0.2) is 60.9 Å². The average molecular weight is 435 g/mol. The molecule has 1 aliphatic heterocycles. The topological polar surface area (TPSA) is 81.8 Å². The van der Waals surface area contributed by atoms with Gasteiger partial charge in [0, 0.05) is 43.9 Å². The van der Waals surface area contributed by atoms with Crippen molar-refractivity contribution in [3.63, 3.8) is 0 Å². The standard InChI is InChI=1S/C23H23F2N7/c24-23(25)10-12-32(13-11-23)18-8-6-17(7-9-18)29-22-30-20(19-21(31-22)28-15-27-19)26-14-16-4-2-1-3-5-16/h1-9,15H,10-14H2,(H3,26,27,28,29,30,31). The normalized spacial score (nSPS) is 15.6. The lowest BCUT2D eigenvalue weighted by Crippen LogP contribution is -2.39. The SMILES string of the molecule is FC1(F)CCN(c2ccc(Nc3nc(NCc4ccccc4)c4nc[nH]c4n3)cc2)CC1. The van der Waals surface area contributed by atoms with Gasteiger partial charge in [-0.15, -0.1) is 0 Å². The first kappa shape index (κ1) is 20.2. The molecule has 164 valence electrons. The lowest BCUT2D eigenvalue weighted by Gasteiger charge is -2.33. The third kappa shape index (κ3) is 4.46. The number of anilines is 4. The van der Waals surface area contributed by atoms with Crippen LogP contribution in [-0.4, -0.2) is 38.9 Å². The molecule has 0 aliphatic carbocycles. The van der Waals surface area contributed by atoms with Gasteiger partial charge >= 0.3 is 0 Å². The van der Waals surface area contributed by atoms with Crippen molar-refractivity contribution in [2.75, 3.05) is 28.6 Å². The minimum atomic E-state index is -2.55. The number of hydrogen-bond donors (Lipinski definition) is 3. The second kappa shape index (κ2) is 8.41. The van der Waals surface area contributed by atoms with Crippen LogP contribution in [-0.2, 0) is 6.54 Å². The van der Waals surface area contributed by atoms with Crippen molar-refractivity contribution in [1.82, 2.24) is 19.9 Å². The van der Waals surface area contributed by atoms with Gasteiger partial charge in [0.25, 0.3) is 5.92 Å². The summed E-state index contributed by atoms with van der Waals surface area (Å²) in [5.74, 6) is -1.48. The van der Waals surface area contributed by atoms with Crippen LogP contribution in [0.3, 0.4) is 0 Å². The van der Waals surface area contributed by atoms with Gasteiger partial charge in [0.15, 0.2) is 11.5 Å². The Morgan fingerprint density at radius 3 is 2.47 bits per heavy atom. The molecule has 1 aliphatic rings. The fourth-order valence-electron chi connectivity index (χ4n) is 3.77. The van der Waals surface area contributed by atoms with Crippen LogP contribution in [0, 0.1) is 0 Å². The number of hydrogen-bond acceptors (Lipinski definition) is 6. The highest BCUT2D eigenvalue weighted by atomic mass is 19.3. The third-order valence-corrected chi connectivity index (χ3v) is 5.57. The smallest absolute Gasteiger partial charge is 0.251 e. The summed E-state index contributed by atoms with van der Waals surface area (Å²) >= 11 is 0. The maximum absolute atomic E-state index is 13.4. The molecule has 0 saturated carbocycles. The lowest BCUT2D eigenvalue weighted by molar-refractivity contribution is -0.0220. The van der Waals surface area contributed by atoms with Crippen LogP contribution in [0.25, 0.3) is 11.2 Å². The monoisotopic (exact) mass is 435 g/mol. The number of rotatable bonds is 6. The highest BCUT2D eigenvalue weighted by Crippen LogP contribution is 2.31. The van der Waals surface area contributed by atoms with Gasteiger partial charge in [-0.3, -0.25) is 0 Å². The molecule has 0 radical (unpaired) electrons. The van der Waals surface area contributed by atoms with E-state index in [1.807, 2.05) is 59.5 Å². The lowest BCUT2D eigenvalue weighted by atomic mass is 10.1. The van der Waals surface area contributed by atoms with Crippen molar-refractivity contribution in [3.05, 3.63) is 66.5 Å². The molecule has 0 amide bonds. The van der Waals surface area contributed by atoms with E-state index >= 15 is 0 Å². The number of nitrogens with zero attached hydrogens (tertiary/aromatic N) is 4. The Balaban J connectivity index is 1.30. The molecule has 0 bridgehead atoms. The number of piperidine rings is 1. The van der Waals surface area contributed by atoms with Crippen LogP contribution in [0.2, 0.25) is 0 Å². The molecular formula is C23H23F2N7. The summed E-state index contributed by atoms with van der Waals surface area (Å²) in [6.45, 7) is 1.33. The molecule has 0 atom stereocenters. The number of benzene rings is 2. The van der Waals surface area contributed by atoms with Gasteiger partial charge in [-0.1, -0.05) is 30.3 Å². The molecular weight excluding hydrogens is 412 g/mol.